The summed E-state index contributed by atoms with van der Waals surface area (Å²) in [6.07, 6.45) is 2.49. The van der Waals surface area contributed by atoms with Crippen LogP contribution in [0.15, 0.2) is 18.2 Å². The van der Waals surface area contributed by atoms with E-state index in [0.717, 1.165) is 30.7 Å². The topological polar surface area (TPSA) is 67.8 Å². The molecule has 5 heteroatoms. The van der Waals surface area contributed by atoms with Crippen LogP contribution in [0.1, 0.15) is 19.3 Å². The molecule has 0 unspecified atom stereocenters. The van der Waals surface area contributed by atoms with E-state index < -0.39 is 11.4 Å². The molecule has 1 heterocycles. The first-order chi connectivity index (χ1) is 8.70. The lowest BCUT2D eigenvalue weighted by Crippen LogP contribution is -2.43. The minimum absolute atomic E-state index is 0.248. The predicted molar refractivity (Wildman–Crippen MR) is 65.0 cm³/mol. The van der Waals surface area contributed by atoms with Crippen molar-refractivity contribution in [2.45, 2.75) is 19.3 Å². The summed E-state index contributed by atoms with van der Waals surface area (Å²) in [6.45, 7) is 0.708. The van der Waals surface area contributed by atoms with E-state index in [4.69, 9.17) is 9.47 Å². The number of rotatable bonds is 4. The Bertz CT molecular complexity index is 482. The molecule has 0 saturated heterocycles. The van der Waals surface area contributed by atoms with Gasteiger partial charge in [0.25, 0.3) is 0 Å². The number of hydrogen-bond donors (Lipinski definition) is 2. The number of carbonyl (C=O) groups is 1. The highest BCUT2D eigenvalue weighted by Gasteiger charge is 2.44. The highest BCUT2D eigenvalue weighted by Crippen LogP contribution is 2.41. The number of aliphatic carboxylic acids is 1. The van der Waals surface area contributed by atoms with E-state index >= 15 is 0 Å². The maximum absolute atomic E-state index is 11.2. The van der Waals surface area contributed by atoms with E-state index in [0.29, 0.717) is 12.3 Å². The van der Waals surface area contributed by atoms with Gasteiger partial charge in [-0.25, -0.2) is 0 Å². The first-order valence-corrected chi connectivity index (χ1v) is 6.07. The highest BCUT2D eigenvalue weighted by atomic mass is 16.7. The molecule has 96 valence electrons. The lowest BCUT2D eigenvalue weighted by molar-refractivity contribution is -0.153. The summed E-state index contributed by atoms with van der Waals surface area (Å²) in [7, 11) is 0. The third-order valence-electron chi connectivity index (χ3n) is 3.77. The number of ether oxygens (including phenoxy) is 2. The zero-order valence-electron chi connectivity index (χ0n) is 9.94. The Kier molecular flexibility index (Phi) is 2.54. The van der Waals surface area contributed by atoms with Crippen molar-refractivity contribution in [1.29, 1.82) is 0 Å². The summed E-state index contributed by atoms with van der Waals surface area (Å²) in [5, 5.41) is 12.4. The van der Waals surface area contributed by atoms with Crippen molar-refractivity contribution < 1.29 is 19.4 Å². The van der Waals surface area contributed by atoms with E-state index in [1.54, 1.807) is 0 Å². The lowest BCUT2D eigenvalue weighted by atomic mass is 9.69. The number of anilines is 1. The van der Waals surface area contributed by atoms with Gasteiger partial charge in [-0.05, 0) is 25.0 Å². The first kappa shape index (κ1) is 11.2. The van der Waals surface area contributed by atoms with Gasteiger partial charge in [-0.3, -0.25) is 4.79 Å². The second-order valence-corrected chi connectivity index (χ2v) is 4.86. The summed E-state index contributed by atoms with van der Waals surface area (Å²) in [5.74, 6) is 0.733. The van der Waals surface area contributed by atoms with E-state index in [9.17, 15) is 9.90 Å². The van der Waals surface area contributed by atoms with Crippen LogP contribution in [0.2, 0.25) is 0 Å². The predicted octanol–water partition coefficient (Wildman–Crippen LogP) is 2.08. The summed E-state index contributed by atoms with van der Waals surface area (Å²) in [6, 6.07) is 5.55. The second kappa shape index (κ2) is 4.08. The van der Waals surface area contributed by atoms with E-state index in [-0.39, 0.29) is 6.79 Å². The Morgan fingerprint density at radius 3 is 2.78 bits per heavy atom. The van der Waals surface area contributed by atoms with Gasteiger partial charge in [0.2, 0.25) is 6.79 Å². The van der Waals surface area contributed by atoms with Gasteiger partial charge < -0.3 is 19.9 Å². The van der Waals surface area contributed by atoms with Crippen molar-refractivity contribution in [2.75, 3.05) is 18.7 Å². The molecular weight excluding hydrogens is 234 g/mol. The number of benzene rings is 1. The molecule has 2 N–H and O–H groups in total. The molecular formula is C13H15NO4. The van der Waals surface area contributed by atoms with Crippen LogP contribution in [0.25, 0.3) is 0 Å². The molecule has 18 heavy (non-hydrogen) atoms. The molecule has 1 aromatic carbocycles. The van der Waals surface area contributed by atoms with Gasteiger partial charge in [0.1, 0.15) is 0 Å². The third kappa shape index (κ3) is 1.75. The van der Waals surface area contributed by atoms with Crippen LogP contribution in [0.3, 0.4) is 0 Å². The van der Waals surface area contributed by atoms with Crippen molar-refractivity contribution in [3.05, 3.63) is 18.2 Å². The standard InChI is InChI=1S/C13H15NO4/c15-12(16)13(4-1-5-13)7-14-9-2-3-10-11(6-9)18-8-17-10/h2-3,6,14H,1,4-5,7-8H2,(H,15,16). The largest absolute Gasteiger partial charge is 0.481 e. The summed E-state index contributed by atoms with van der Waals surface area (Å²) < 4.78 is 10.5. The molecule has 1 aliphatic carbocycles. The zero-order valence-corrected chi connectivity index (χ0v) is 9.94. The first-order valence-electron chi connectivity index (χ1n) is 6.07. The fourth-order valence-corrected chi connectivity index (χ4v) is 2.35. The van der Waals surface area contributed by atoms with Crippen LogP contribution in [-0.2, 0) is 4.79 Å². The van der Waals surface area contributed by atoms with Gasteiger partial charge in [-0.15, -0.1) is 0 Å². The molecule has 1 aliphatic heterocycles. The number of fused-ring (bicyclic) bond motifs is 1. The lowest BCUT2D eigenvalue weighted by Gasteiger charge is -2.37. The molecule has 1 saturated carbocycles. The smallest absolute Gasteiger partial charge is 0.311 e. The molecule has 3 rings (SSSR count). The highest BCUT2D eigenvalue weighted by molar-refractivity contribution is 5.76. The van der Waals surface area contributed by atoms with Gasteiger partial charge >= 0.3 is 5.97 Å². The normalized spacial score (nSPS) is 19.1. The van der Waals surface area contributed by atoms with Crippen LogP contribution in [0.5, 0.6) is 11.5 Å². The minimum atomic E-state index is -0.706. The molecule has 0 aromatic heterocycles. The quantitative estimate of drug-likeness (QED) is 0.855. The van der Waals surface area contributed by atoms with Crippen LogP contribution >= 0.6 is 0 Å². The molecule has 0 spiro atoms. The Balaban J connectivity index is 1.68. The average Bonchev–Trinajstić information content (AvgIpc) is 2.74. The van der Waals surface area contributed by atoms with Gasteiger partial charge in [0.15, 0.2) is 11.5 Å². The molecule has 1 fully saturated rings. The van der Waals surface area contributed by atoms with E-state index in [1.165, 1.54) is 0 Å². The molecule has 0 atom stereocenters. The van der Waals surface area contributed by atoms with Crippen LogP contribution < -0.4 is 14.8 Å². The summed E-state index contributed by atoms with van der Waals surface area (Å²) in [5.41, 5.74) is 0.280. The van der Waals surface area contributed by atoms with Crippen molar-refractivity contribution in [3.63, 3.8) is 0 Å². The molecule has 1 aromatic rings. The molecule has 0 amide bonds. The van der Waals surface area contributed by atoms with Gasteiger partial charge in [-0.2, -0.15) is 0 Å². The van der Waals surface area contributed by atoms with Crippen molar-refractivity contribution in [2.24, 2.45) is 5.41 Å². The van der Waals surface area contributed by atoms with Crippen molar-refractivity contribution >= 4 is 11.7 Å². The summed E-state index contributed by atoms with van der Waals surface area (Å²) >= 11 is 0. The maximum Gasteiger partial charge on any atom is 0.311 e. The Morgan fingerprint density at radius 1 is 1.33 bits per heavy atom. The second-order valence-electron chi connectivity index (χ2n) is 4.86. The van der Waals surface area contributed by atoms with Gasteiger partial charge in [0, 0.05) is 18.3 Å². The SMILES string of the molecule is O=C(O)C1(CNc2ccc3c(c2)OCO3)CCC1. The average molecular weight is 249 g/mol. The van der Waals surface area contributed by atoms with Gasteiger partial charge in [0.05, 0.1) is 5.41 Å². The molecule has 0 radical (unpaired) electrons. The fraction of sp³-hybridized carbons (Fsp3) is 0.462. The monoisotopic (exact) mass is 249 g/mol. The number of carboxylic acids is 1. The number of hydrogen-bond acceptors (Lipinski definition) is 4. The third-order valence-corrected chi connectivity index (χ3v) is 3.77. The van der Waals surface area contributed by atoms with Gasteiger partial charge in [-0.1, -0.05) is 6.42 Å². The fourth-order valence-electron chi connectivity index (χ4n) is 2.35. The van der Waals surface area contributed by atoms with E-state index in [2.05, 4.69) is 5.32 Å². The maximum atomic E-state index is 11.2. The zero-order chi connectivity index (χ0) is 12.6. The van der Waals surface area contributed by atoms with Crippen LogP contribution in [0.4, 0.5) is 5.69 Å². The van der Waals surface area contributed by atoms with Crippen LogP contribution in [0, 0.1) is 5.41 Å². The Morgan fingerprint density at radius 2 is 2.11 bits per heavy atom. The summed E-state index contributed by atoms with van der Waals surface area (Å²) in [4.78, 5) is 11.2. The molecule has 0 bridgehead atoms. The molecule has 2 aliphatic rings. The van der Waals surface area contributed by atoms with E-state index in [1.807, 2.05) is 18.2 Å². The Hall–Kier alpha value is -1.91. The molecule has 5 nitrogen and oxygen atoms in total. The van der Waals surface area contributed by atoms with Crippen LogP contribution in [-0.4, -0.2) is 24.4 Å². The van der Waals surface area contributed by atoms with Crippen molar-refractivity contribution in [3.8, 4) is 11.5 Å². The minimum Gasteiger partial charge on any atom is -0.481 e. The van der Waals surface area contributed by atoms with Crippen molar-refractivity contribution in [1.82, 2.24) is 0 Å². The number of nitrogens with one attached hydrogen (secondary N) is 1. The number of carboxylic acid groups (broad SMARTS) is 1. The Labute approximate surface area is 105 Å².